The Morgan fingerprint density at radius 3 is 1.63 bits per heavy atom. The molecule has 2 aromatic heterocycles. The molecule has 0 N–H and O–H groups in total. The number of pyridine rings is 2. The van der Waals surface area contributed by atoms with Crippen LogP contribution in [0.3, 0.4) is 0 Å². The second kappa shape index (κ2) is 12.2. The Labute approximate surface area is 312 Å². The monoisotopic (exact) mass is 684 g/mol. The van der Waals surface area contributed by atoms with E-state index in [1.165, 1.54) is 65.3 Å². The van der Waals surface area contributed by atoms with E-state index in [4.69, 9.17) is 9.97 Å². The lowest BCUT2D eigenvalue weighted by Crippen LogP contribution is -1.95. The first kappa shape index (κ1) is 30.5. The minimum Gasteiger partial charge on any atom is -0.256 e. The molecule has 0 saturated heterocycles. The van der Waals surface area contributed by atoms with Crippen molar-refractivity contribution in [2.45, 2.75) is 0 Å². The number of nitrogens with zero attached hydrogens (tertiary/aromatic N) is 2. The fraction of sp³-hybridized carbons (Fsp3) is 0. The van der Waals surface area contributed by atoms with Crippen molar-refractivity contribution in [2.24, 2.45) is 0 Å². The summed E-state index contributed by atoms with van der Waals surface area (Å²) in [5.74, 6) is 0. The van der Waals surface area contributed by atoms with Crippen LogP contribution < -0.4 is 0 Å². The molecule has 0 aliphatic heterocycles. The van der Waals surface area contributed by atoms with Gasteiger partial charge in [0.15, 0.2) is 0 Å². The van der Waals surface area contributed by atoms with E-state index < -0.39 is 0 Å². The van der Waals surface area contributed by atoms with E-state index in [9.17, 15) is 0 Å². The molecule has 2 nitrogen and oxygen atoms in total. The van der Waals surface area contributed by atoms with Crippen LogP contribution in [-0.2, 0) is 0 Å². The molecule has 9 aromatic carbocycles. The molecule has 250 valence electrons. The largest absolute Gasteiger partial charge is 0.256 e. The number of hydrogen-bond acceptors (Lipinski definition) is 2. The number of aromatic nitrogens is 2. The maximum absolute atomic E-state index is 5.34. The van der Waals surface area contributed by atoms with E-state index in [2.05, 4.69) is 182 Å². The Morgan fingerprint density at radius 2 is 0.907 bits per heavy atom. The lowest BCUT2D eigenvalue weighted by molar-refractivity contribution is 1.41. The van der Waals surface area contributed by atoms with E-state index in [-0.39, 0.29) is 0 Å². The van der Waals surface area contributed by atoms with Gasteiger partial charge in [0.2, 0.25) is 0 Å². The van der Waals surface area contributed by atoms with Crippen molar-refractivity contribution in [1.82, 2.24) is 9.97 Å². The molecule has 0 aliphatic carbocycles. The molecule has 11 rings (SSSR count). The standard InChI is InChI=1S/C52H32N2/c1-2-14-36(15-3-1)52-46-32-45(38-18-4-5-19-39(38)50(46)44-24-10-11-26-47(44)54-52)49-42-22-8-6-20-40(42)48(41-21-7-9-23-43(41)49)34-29-27-33(28-30-34)37-25-12-16-35-17-13-31-53-51(35)37/h1-32H. The van der Waals surface area contributed by atoms with E-state index in [0.29, 0.717) is 0 Å². The Hall–Kier alpha value is -7.16. The van der Waals surface area contributed by atoms with E-state index in [0.717, 1.165) is 44.2 Å². The molecule has 0 fully saturated rings. The van der Waals surface area contributed by atoms with Crippen LogP contribution >= 0.6 is 0 Å². The molecule has 0 bridgehead atoms. The summed E-state index contributed by atoms with van der Waals surface area (Å²) in [6, 6.07) is 68.0. The number of rotatable bonds is 4. The third-order valence-electron chi connectivity index (χ3n) is 11.1. The molecule has 0 atom stereocenters. The van der Waals surface area contributed by atoms with Crippen molar-refractivity contribution >= 4 is 64.9 Å². The smallest absolute Gasteiger partial charge is 0.0788 e. The Kier molecular flexibility index (Phi) is 6.90. The van der Waals surface area contributed by atoms with Crippen molar-refractivity contribution in [3.05, 3.63) is 194 Å². The van der Waals surface area contributed by atoms with Gasteiger partial charge in [-0.05, 0) is 78.3 Å². The van der Waals surface area contributed by atoms with Crippen molar-refractivity contribution in [3.8, 4) is 44.6 Å². The average Bonchev–Trinajstić information content (AvgIpc) is 3.25. The number of benzene rings is 9. The minimum absolute atomic E-state index is 1.00. The van der Waals surface area contributed by atoms with Crippen LogP contribution in [0.25, 0.3) is 110 Å². The van der Waals surface area contributed by atoms with Gasteiger partial charge >= 0.3 is 0 Å². The van der Waals surface area contributed by atoms with Crippen molar-refractivity contribution in [1.29, 1.82) is 0 Å². The molecule has 0 unspecified atom stereocenters. The molecule has 0 radical (unpaired) electrons. The summed E-state index contributed by atoms with van der Waals surface area (Å²) in [7, 11) is 0. The van der Waals surface area contributed by atoms with Crippen molar-refractivity contribution < 1.29 is 0 Å². The highest BCUT2D eigenvalue weighted by Gasteiger charge is 2.21. The molecular formula is C52H32N2. The van der Waals surface area contributed by atoms with Gasteiger partial charge in [0.05, 0.1) is 16.7 Å². The molecule has 0 amide bonds. The van der Waals surface area contributed by atoms with Gasteiger partial charge in [0.1, 0.15) is 0 Å². The zero-order valence-electron chi connectivity index (χ0n) is 29.4. The van der Waals surface area contributed by atoms with Gasteiger partial charge in [-0.3, -0.25) is 4.98 Å². The summed E-state index contributed by atoms with van der Waals surface area (Å²) in [6.45, 7) is 0. The highest BCUT2D eigenvalue weighted by atomic mass is 14.7. The zero-order valence-corrected chi connectivity index (χ0v) is 29.4. The van der Waals surface area contributed by atoms with Gasteiger partial charge in [-0.25, -0.2) is 4.98 Å². The Bertz CT molecular complexity index is 3190. The van der Waals surface area contributed by atoms with Crippen LogP contribution in [-0.4, -0.2) is 9.97 Å². The summed E-state index contributed by atoms with van der Waals surface area (Å²) >= 11 is 0. The first-order valence-corrected chi connectivity index (χ1v) is 18.5. The number of hydrogen-bond donors (Lipinski definition) is 0. The fourth-order valence-corrected chi connectivity index (χ4v) is 8.72. The second-order valence-electron chi connectivity index (χ2n) is 14.0. The molecule has 2 heteroatoms. The van der Waals surface area contributed by atoms with Gasteiger partial charge in [-0.15, -0.1) is 0 Å². The molecule has 0 spiro atoms. The summed E-state index contributed by atoms with van der Waals surface area (Å²) in [4.78, 5) is 10.1. The Balaban J connectivity index is 1.21. The van der Waals surface area contributed by atoms with E-state index in [1.807, 2.05) is 12.3 Å². The van der Waals surface area contributed by atoms with Gasteiger partial charge in [-0.1, -0.05) is 170 Å². The summed E-state index contributed by atoms with van der Waals surface area (Å²) < 4.78 is 0. The third-order valence-corrected chi connectivity index (χ3v) is 11.1. The van der Waals surface area contributed by atoms with Gasteiger partial charge in [0, 0.05) is 38.9 Å². The van der Waals surface area contributed by atoms with Crippen molar-refractivity contribution in [2.75, 3.05) is 0 Å². The van der Waals surface area contributed by atoms with Crippen LogP contribution in [0.1, 0.15) is 0 Å². The first-order valence-electron chi connectivity index (χ1n) is 18.5. The number of fused-ring (bicyclic) bond motifs is 8. The summed E-state index contributed by atoms with van der Waals surface area (Å²) in [5, 5.41) is 12.1. The number of para-hydroxylation sites is 2. The second-order valence-corrected chi connectivity index (χ2v) is 14.0. The average molecular weight is 685 g/mol. The highest BCUT2D eigenvalue weighted by Crippen LogP contribution is 2.48. The quantitative estimate of drug-likeness (QED) is 0.136. The Morgan fingerprint density at radius 1 is 0.333 bits per heavy atom. The van der Waals surface area contributed by atoms with Crippen LogP contribution in [0, 0.1) is 0 Å². The lowest BCUT2D eigenvalue weighted by Gasteiger charge is -2.21. The molecule has 0 aliphatic rings. The fourth-order valence-electron chi connectivity index (χ4n) is 8.72. The summed E-state index contributed by atoms with van der Waals surface area (Å²) in [5.41, 5.74) is 11.3. The normalized spacial score (nSPS) is 11.7. The first-order chi connectivity index (χ1) is 26.8. The third kappa shape index (κ3) is 4.67. The van der Waals surface area contributed by atoms with Gasteiger partial charge in [-0.2, -0.15) is 0 Å². The SMILES string of the molecule is c1ccc(-c2nc3ccccc3c3c2cc(-c2c4ccccc4c(-c4ccc(-c5cccc6cccnc56)cc4)c4ccccc24)c2ccccc23)cc1. The van der Waals surface area contributed by atoms with Crippen LogP contribution in [0.15, 0.2) is 194 Å². The molecule has 0 saturated carbocycles. The van der Waals surface area contributed by atoms with Crippen molar-refractivity contribution in [3.63, 3.8) is 0 Å². The summed E-state index contributed by atoms with van der Waals surface area (Å²) in [6.07, 6.45) is 1.87. The van der Waals surface area contributed by atoms with Crippen LogP contribution in [0.2, 0.25) is 0 Å². The van der Waals surface area contributed by atoms with Crippen LogP contribution in [0.5, 0.6) is 0 Å². The zero-order chi connectivity index (χ0) is 35.6. The lowest BCUT2D eigenvalue weighted by atomic mass is 9.83. The predicted molar refractivity (Wildman–Crippen MR) is 229 cm³/mol. The van der Waals surface area contributed by atoms with E-state index >= 15 is 0 Å². The van der Waals surface area contributed by atoms with E-state index in [1.54, 1.807) is 0 Å². The molecule has 54 heavy (non-hydrogen) atoms. The maximum atomic E-state index is 5.34. The molecule has 11 aromatic rings. The van der Waals surface area contributed by atoms with Gasteiger partial charge in [0.25, 0.3) is 0 Å². The predicted octanol–water partition coefficient (Wildman–Crippen LogP) is 14.1. The molecule has 2 heterocycles. The van der Waals surface area contributed by atoms with Crippen LogP contribution in [0.4, 0.5) is 0 Å². The highest BCUT2D eigenvalue weighted by molar-refractivity contribution is 6.29. The maximum Gasteiger partial charge on any atom is 0.0788 e. The van der Waals surface area contributed by atoms with Gasteiger partial charge < -0.3 is 0 Å². The molecular weight excluding hydrogens is 653 g/mol. The minimum atomic E-state index is 1.00. The topological polar surface area (TPSA) is 25.8 Å².